The summed E-state index contributed by atoms with van der Waals surface area (Å²) in [6, 6.07) is -0.969. The summed E-state index contributed by atoms with van der Waals surface area (Å²) in [7, 11) is 0. The van der Waals surface area contributed by atoms with E-state index in [1.165, 1.54) is 231 Å². The summed E-state index contributed by atoms with van der Waals surface area (Å²) < 4.78 is 34.4. The van der Waals surface area contributed by atoms with Gasteiger partial charge in [-0.25, -0.2) is 0 Å². The molecule has 3 aliphatic heterocycles. The molecule has 17 unspecified atom stereocenters. The van der Waals surface area contributed by atoms with Crippen molar-refractivity contribution < 1.29 is 89.4 Å². The maximum absolute atomic E-state index is 13.4. The number of ether oxygens (including phenoxy) is 6. The molecule has 3 saturated heterocycles. The Labute approximate surface area is 544 Å². The number of allylic oxidation sites excluding steroid dienone is 1. The van der Waals surface area contributed by atoms with Crippen LogP contribution in [0.4, 0.5) is 0 Å². The van der Waals surface area contributed by atoms with Gasteiger partial charge in [-0.05, 0) is 19.3 Å². The lowest BCUT2D eigenvalue weighted by Gasteiger charge is -2.48. The molecule has 19 heteroatoms. The van der Waals surface area contributed by atoms with E-state index in [1.807, 2.05) is 6.08 Å². The highest BCUT2D eigenvalue weighted by Crippen LogP contribution is 2.33. The Bertz CT molecular complexity index is 1680. The predicted molar refractivity (Wildman–Crippen MR) is 351 cm³/mol. The Morgan fingerprint density at radius 3 is 1.04 bits per heavy atom. The lowest BCUT2D eigenvalue weighted by atomic mass is 9.96. The highest BCUT2D eigenvalue weighted by molar-refractivity contribution is 5.76. The van der Waals surface area contributed by atoms with Crippen molar-refractivity contribution in [2.24, 2.45) is 0 Å². The Balaban J connectivity index is 1.42. The zero-order valence-electron chi connectivity index (χ0n) is 56.4. The summed E-state index contributed by atoms with van der Waals surface area (Å²) >= 11 is 0. The summed E-state index contributed by atoms with van der Waals surface area (Å²) in [6.45, 7) is 1.79. The number of carbonyl (C=O) groups excluding carboxylic acids is 1. The molecule has 3 fully saturated rings. The Morgan fingerprint density at radius 1 is 0.389 bits per heavy atom. The van der Waals surface area contributed by atoms with E-state index >= 15 is 0 Å². The van der Waals surface area contributed by atoms with Crippen LogP contribution in [0.2, 0.25) is 0 Å². The molecule has 3 aliphatic rings. The minimum Gasteiger partial charge on any atom is -0.394 e. The van der Waals surface area contributed by atoms with Gasteiger partial charge in [-0.15, -0.1) is 0 Å². The average Bonchev–Trinajstić information content (AvgIpc) is 1.32. The summed E-state index contributed by atoms with van der Waals surface area (Å²) in [5.41, 5.74) is 0. The third kappa shape index (κ3) is 35.0. The van der Waals surface area contributed by atoms with Crippen LogP contribution in [-0.2, 0) is 33.2 Å². The third-order valence-corrected chi connectivity index (χ3v) is 18.8. The predicted octanol–water partition coefficient (Wildman–Crippen LogP) is 10.4. The van der Waals surface area contributed by atoms with Crippen LogP contribution in [-0.4, -0.2) is 193 Å². The lowest BCUT2D eigenvalue weighted by Crippen LogP contribution is -2.66. The van der Waals surface area contributed by atoms with Gasteiger partial charge in [0.1, 0.15) is 73.2 Å². The molecule has 3 rings (SSSR count). The summed E-state index contributed by atoms with van der Waals surface area (Å²) in [5.74, 6) is -0.268. The number of aliphatic hydroxyl groups excluding tert-OH is 11. The van der Waals surface area contributed by atoms with Crippen LogP contribution in [0.3, 0.4) is 0 Å². The third-order valence-electron chi connectivity index (χ3n) is 18.8. The zero-order valence-corrected chi connectivity index (χ0v) is 56.4. The van der Waals surface area contributed by atoms with E-state index in [9.17, 15) is 61.0 Å². The van der Waals surface area contributed by atoms with Gasteiger partial charge in [0.05, 0.1) is 38.6 Å². The molecule has 0 aliphatic carbocycles. The van der Waals surface area contributed by atoms with Gasteiger partial charge in [0, 0.05) is 6.42 Å². The Kier molecular flexibility index (Phi) is 49.3. The summed E-state index contributed by atoms with van der Waals surface area (Å²) in [4.78, 5) is 13.4. The normalized spacial score (nSPS) is 28.0. The van der Waals surface area contributed by atoms with Crippen molar-refractivity contribution in [1.29, 1.82) is 0 Å². The first kappa shape index (κ1) is 82.8. The van der Waals surface area contributed by atoms with Crippen molar-refractivity contribution in [2.75, 3.05) is 26.4 Å². The van der Waals surface area contributed by atoms with Gasteiger partial charge >= 0.3 is 0 Å². The van der Waals surface area contributed by atoms with Crippen molar-refractivity contribution in [3.63, 3.8) is 0 Å². The number of unbranched alkanes of at least 4 members (excludes halogenated alkanes) is 42. The smallest absolute Gasteiger partial charge is 0.220 e. The van der Waals surface area contributed by atoms with Gasteiger partial charge in [0.15, 0.2) is 18.9 Å². The van der Waals surface area contributed by atoms with E-state index in [0.717, 1.165) is 44.9 Å². The first-order chi connectivity index (χ1) is 43.8. The molecule has 17 atom stereocenters. The van der Waals surface area contributed by atoms with E-state index in [1.54, 1.807) is 6.08 Å². The first-order valence-electron chi connectivity index (χ1n) is 36.9. The first-order valence-corrected chi connectivity index (χ1v) is 36.9. The Hall–Kier alpha value is -1.47. The molecular weight excluding hydrogens is 1150 g/mol. The quantitative estimate of drug-likeness (QED) is 0.0199. The molecule has 0 aromatic heterocycles. The van der Waals surface area contributed by atoms with E-state index in [2.05, 4.69) is 19.2 Å². The van der Waals surface area contributed by atoms with Gasteiger partial charge < -0.3 is 89.9 Å². The van der Waals surface area contributed by atoms with Crippen LogP contribution in [0, 0.1) is 0 Å². The second-order valence-corrected chi connectivity index (χ2v) is 26.8. The van der Waals surface area contributed by atoms with Gasteiger partial charge in [0.25, 0.3) is 0 Å². The molecule has 0 aromatic rings. The topological polar surface area (TPSA) is 307 Å². The van der Waals surface area contributed by atoms with E-state index < -0.39 is 124 Å². The minimum absolute atomic E-state index is 0.250. The number of carbonyl (C=O) groups is 1. The molecular formula is C71H135NO18. The molecule has 19 nitrogen and oxygen atoms in total. The second-order valence-electron chi connectivity index (χ2n) is 26.8. The number of hydrogen-bond donors (Lipinski definition) is 12. The number of aliphatic hydroxyl groups is 11. The van der Waals surface area contributed by atoms with Crippen molar-refractivity contribution in [1.82, 2.24) is 5.32 Å². The largest absolute Gasteiger partial charge is 0.394 e. The van der Waals surface area contributed by atoms with Crippen molar-refractivity contribution in [2.45, 2.75) is 407 Å². The fraction of sp³-hybridized carbons (Fsp3) is 0.958. The van der Waals surface area contributed by atoms with Crippen LogP contribution >= 0.6 is 0 Å². The van der Waals surface area contributed by atoms with E-state index in [4.69, 9.17) is 28.4 Å². The molecule has 0 bridgehead atoms. The number of nitrogens with one attached hydrogen (secondary N) is 1. The SMILES string of the molecule is CCCCCCCCCCCCCCCCCCCCCCCCCC/C=C/C(O)C(COC1OC(CO)C(OC2OC(CO)C(OC3OC(CO)C(O)C(O)C3O)C(O)C2O)C(O)C1O)NC(=O)CCCCCCCCCCCCCCCCCCCCC. The number of amides is 1. The van der Waals surface area contributed by atoms with Crippen molar-refractivity contribution in [3.05, 3.63) is 12.2 Å². The van der Waals surface area contributed by atoms with Gasteiger partial charge in [0.2, 0.25) is 5.91 Å². The highest BCUT2D eigenvalue weighted by atomic mass is 16.8. The van der Waals surface area contributed by atoms with Gasteiger partial charge in [-0.1, -0.05) is 289 Å². The molecule has 12 N–H and O–H groups in total. The highest BCUT2D eigenvalue weighted by Gasteiger charge is 2.53. The fourth-order valence-corrected chi connectivity index (χ4v) is 12.8. The van der Waals surface area contributed by atoms with Crippen molar-refractivity contribution >= 4 is 5.91 Å². The lowest BCUT2D eigenvalue weighted by molar-refractivity contribution is -0.379. The molecule has 0 saturated carbocycles. The standard InChI is InChI=1S/C71H135NO18/c1-3-5-7-9-11-13-15-17-19-21-23-24-25-26-27-28-29-31-32-34-36-38-40-42-44-46-48-55(76)54(72-59(77)49-47-45-43-41-39-37-35-33-30-22-20-18-16-14-12-10-8-6-4-2)53-85-69-65(83)62(80)67(57(51-74)87-69)90-71-66(84)63(81)68(58(52-75)88-71)89-70-64(82)61(79)60(78)56(50-73)86-70/h46,48,54-58,60-71,73-76,78-84H,3-45,47,49-53H2,1-2H3,(H,72,77)/b48-46+. The molecule has 1 amide bonds. The maximum atomic E-state index is 13.4. The molecule has 3 heterocycles. The van der Waals surface area contributed by atoms with Crippen LogP contribution < -0.4 is 5.32 Å². The molecule has 0 radical (unpaired) electrons. The maximum Gasteiger partial charge on any atom is 0.220 e. The second kappa shape index (κ2) is 53.6. The van der Waals surface area contributed by atoms with Gasteiger partial charge in [-0.2, -0.15) is 0 Å². The van der Waals surface area contributed by atoms with E-state index in [0.29, 0.717) is 6.42 Å². The number of rotatable bonds is 58. The monoisotopic (exact) mass is 1290 g/mol. The van der Waals surface area contributed by atoms with Crippen LogP contribution in [0.25, 0.3) is 0 Å². The summed E-state index contributed by atoms with van der Waals surface area (Å²) in [5, 5.41) is 121. The molecule has 532 valence electrons. The van der Waals surface area contributed by atoms with Crippen LogP contribution in [0.15, 0.2) is 12.2 Å². The number of hydrogen-bond acceptors (Lipinski definition) is 18. The Morgan fingerprint density at radius 2 is 0.689 bits per heavy atom. The molecule has 0 aromatic carbocycles. The minimum atomic E-state index is -1.98. The van der Waals surface area contributed by atoms with Crippen LogP contribution in [0.5, 0.6) is 0 Å². The van der Waals surface area contributed by atoms with E-state index in [-0.39, 0.29) is 18.9 Å². The van der Waals surface area contributed by atoms with Crippen molar-refractivity contribution in [3.8, 4) is 0 Å². The summed E-state index contributed by atoms with van der Waals surface area (Å²) in [6.07, 6.45) is 33.3. The van der Waals surface area contributed by atoms with Crippen LogP contribution in [0.1, 0.15) is 303 Å². The molecule has 90 heavy (non-hydrogen) atoms. The zero-order chi connectivity index (χ0) is 65.4. The fourth-order valence-electron chi connectivity index (χ4n) is 12.8. The molecule has 0 spiro atoms. The van der Waals surface area contributed by atoms with Gasteiger partial charge in [-0.3, -0.25) is 4.79 Å². The average molecular weight is 1290 g/mol.